The lowest BCUT2D eigenvalue weighted by atomic mass is 9.96. The van der Waals surface area contributed by atoms with Crippen LogP contribution in [0.15, 0.2) is 18.2 Å². The molecule has 0 atom stereocenters. The number of carbonyl (C=O) groups is 1. The Morgan fingerprint density at radius 1 is 1.44 bits per heavy atom. The molecule has 4 nitrogen and oxygen atoms in total. The molecule has 0 amide bonds. The number of pyridine rings is 1. The van der Waals surface area contributed by atoms with E-state index in [-0.39, 0.29) is 6.42 Å². The van der Waals surface area contributed by atoms with Crippen LogP contribution in [0.25, 0.3) is 0 Å². The largest absolute Gasteiger partial charge is 0.481 e. The number of hydrogen-bond acceptors (Lipinski definition) is 3. The first-order valence-electron chi connectivity index (χ1n) is 5.51. The second-order valence-electron chi connectivity index (χ2n) is 4.01. The average molecular weight is 221 g/mol. The van der Waals surface area contributed by atoms with Gasteiger partial charge in [0.15, 0.2) is 0 Å². The Hall–Kier alpha value is -1.42. The number of rotatable bonds is 3. The van der Waals surface area contributed by atoms with Crippen molar-refractivity contribution in [3.63, 3.8) is 0 Å². The molecule has 0 radical (unpaired) electrons. The fourth-order valence-electron chi connectivity index (χ4n) is 1.97. The van der Waals surface area contributed by atoms with E-state index in [0.717, 1.165) is 31.7 Å². The Morgan fingerprint density at radius 2 is 2.19 bits per heavy atom. The van der Waals surface area contributed by atoms with Crippen molar-refractivity contribution < 1.29 is 14.6 Å². The minimum absolute atomic E-state index is 0.00292. The summed E-state index contributed by atoms with van der Waals surface area (Å²) in [5.74, 6) is -0.417. The number of carboxylic acid groups (broad SMARTS) is 1. The zero-order valence-electron chi connectivity index (χ0n) is 9.06. The summed E-state index contributed by atoms with van der Waals surface area (Å²) in [5, 5.41) is 8.71. The number of aromatic nitrogens is 1. The lowest BCUT2D eigenvalue weighted by Gasteiger charge is -2.21. The van der Waals surface area contributed by atoms with Gasteiger partial charge in [0.05, 0.1) is 12.1 Å². The van der Waals surface area contributed by atoms with Crippen molar-refractivity contribution in [3.05, 3.63) is 29.6 Å². The maximum absolute atomic E-state index is 10.6. The first-order valence-corrected chi connectivity index (χ1v) is 5.51. The number of aliphatic carboxylic acids is 1. The Bertz CT molecular complexity index is 372. The molecular formula is C12H15NO3. The standard InChI is InChI=1S/C12H15NO3/c14-12(15)8-10-2-1-3-11(13-10)9-4-6-16-7-5-9/h1-3,9H,4-8H2,(H,14,15). The normalized spacial score (nSPS) is 17.2. The monoisotopic (exact) mass is 221 g/mol. The van der Waals surface area contributed by atoms with E-state index in [4.69, 9.17) is 9.84 Å². The molecule has 1 N–H and O–H groups in total. The summed E-state index contributed by atoms with van der Waals surface area (Å²) in [6.07, 6.45) is 1.95. The molecule has 1 aliphatic heterocycles. The van der Waals surface area contributed by atoms with Gasteiger partial charge in [0, 0.05) is 24.8 Å². The van der Waals surface area contributed by atoms with Gasteiger partial charge in [-0.1, -0.05) is 6.07 Å². The predicted octanol–water partition coefficient (Wildman–Crippen LogP) is 1.60. The highest BCUT2D eigenvalue weighted by Crippen LogP contribution is 2.25. The molecule has 4 heteroatoms. The zero-order chi connectivity index (χ0) is 11.4. The third-order valence-electron chi connectivity index (χ3n) is 2.80. The summed E-state index contributed by atoms with van der Waals surface area (Å²) in [4.78, 5) is 15.0. The van der Waals surface area contributed by atoms with Crippen LogP contribution in [0.1, 0.15) is 30.1 Å². The SMILES string of the molecule is O=C(O)Cc1cccc(C2CCOCC2)n1. The summed E-state index contributed by atoms with van der Waals surface area (Å²) in [6, 6.07) is 5.62. The maximum atomic E-state index is 10.6. The molecule has 1 saturated heterocycles. The van der Waals surface area contributed by atoms with Gasteiger partial charge in [0.25, 0.3) is 0 Å². The van der Waals surface area contributed by atoms with Crippen LogP contribution >= 0.6 is 0 Å². The van der Waals surface area contributed by atoms with Crippen LogP contribution in [0.2, 0.25) is 0 Å². The van der Waals surface area contributed by atoms with Crippen molar-refractivity contribution in [2.24, 2.45) is 0 Å². The van der Waals surface area contributed by atoms with E-state index in [1.165, 1.54) is 0 Å². The van der Waals surface area contributed by atoms with Gasteiger partial charge in [0.1, 0.15) is 0 Å². The number of carboxylic acids is 1. The molecule has 1 fully saturated rings. The number of hydrogen-bond donors (Lipinski definition) is 1. The summed E-state index contributed by atoms with van der Waals surface area (Å²) < 4.78 is 5.29. The van der Waals surface area contributed by atoms with E-state index in [1.807, 2.05) is 12.1 Å². The van der Waals surface area contributed by atoms with Gasteiger partial charge in [-0.25, -0.2) is 0 Å². The second-order valence-corrected chi connectivity index (χ2v) is 4.01. The number of ether oxygens (including phenoxy) is 1. The van der Waals surface area contributed by atoms with Crippen molar-refractivity contribution in [2.75, 3.05) is 13.2 Å². The predicted molar refractivity (Wildman–Crippen MR) is 58.4 cm³/mol. The molecule has 1 aliphatic rings. The van der Waals surface area contributed by atoms with Gasteiger partial charge in [-0.3, -0.25) is 9.78 Å². The molecule has 0 spiro atoms. The van der Waals surface area contributed by atoms with Gasteiger partial charge in [-0.2, -0.15) is 0 Å². The fraction of sp³-hybridized carbons (Fsp3) is 0.500. The molecule has 1 aromatic rings. The first-order chi connectivity index (χ1) is 7.75. The highest BCUT2D eigenvalue weighted by Gasteiger charge is 2.17. The topological polar surface area (TPSA) is 59.4 Å². The van der Waals surface area contributed by atoms with Crippen LogP contribution in [0.5, 0.6) is 0 Å². The van der Waals surface area contributed by atoms with Crippen LogP contribution in [0.4, 0.5) is 0 Å². The van der Waals surface area contributed by atoms with Gasteiger partial charge in [0.2, 0.25) is 0 Å². The summed E-state index contributed by atoms with van der Waals surface area (Å²) in [7, 11) is 0. The number of nitrogens with zero attached hydrogens (tertiary/aromatic N) is 1. The van der Waals surface area contributed by atoms with Crippen molar-refractivity contribution in [1.82, 2.24) is 4.98 Å². The zero-order valence-corrected chi connectivity index (χ0v) is 9.06. The third kappa shape index (κ3) is 2.79. The molecule has 0 aromatic carbocycles. The Morgan fingerprint density at radius 3 is 2.88 bits per heavy atom. The Balaban J connectivity index is 2.11. The van der Waals surface area contributed by atoms with Crippen molar-refractivity contribution in [3.8, 4) is 0 Å². The Labute approximate surface area is 94.3 Å². The van der Waals surface area contributed by atoms with E-state index >= 15 is 0 Å². The molecule has 16 heavy (non-hydrogen) atoms. The molecule has 0 saturated carbocycles. The van der Waals surface area contributed by atoms with E-state index in [1.54, 1.807) is 6.07 Å². The van der Waals surface area contributed by atoms with Crippen LogP contribution in [0, 0.1) is 0 Å². The molecule has 0 unspecified atom stereocenters. The van der Waals surface area contributed by atoms with Crippen molar-refractivity contribution in [2.45, 2.75) is 25.2 Å². The average Bonchev–Trinajstić information content (AvgIpc) is 2.30. The third-order valence-corrected chi connectivity index (χ3v) is 2.80. The second kappa shape index (κ2) is 5.07. The molecule has 2 heterocycles. The van der Waals surface area contributed by atoms with Crippen molar-refractivity contribution >= 4 is 5.97 Å². The van der Waals surface area contributed by atoms with Gasteiger partial charge in [-0.15, -0.1) is 0 Å². The molecule has 1 aromatic heterocycles. The van der Waals surface area contributed by atoms with Gasteiger partial charge >= 0.3 is 5.97 Å². The summed E-state index contributed by atoms with van der Waals surface area (Å²) in [6.45, 7) is 1.55. The molecular weight excluding hydrogens is 206 g/mol. The molecule has 0 aliphatic carbocycles. The smallest absolute Gasteiger partial charge is 0.309 e. The van der Waals surface area contributed by atoms with Crippen molar-refractivity contribution in [1.29, 1.82) is 0 Å². The minimum atomic E-state index is -0.836. The van der Waals surface area contributed by atoms with Gasteiger partial charge in [-0.05, 0) is 25.0 Å². The maximum Gasteiger partial charge on any atom is 0.309 e. The van der Waals surface area contributed by atoms with E-state index < -0.39 is 5.97 Å². The van der Waals surface area contributed by atoms with Crippen LogP contribution in [-0.2, 0) is 16.0 Å². The fourth-order valence-corrected chi connectivity index (χ4v) is 1.97. The highest BCUT2D eigenvalue weighted by molar-refractivity contribution is 5.69. The van der Waals surface area contributed by atoms with E-state index in [9.17, 15) is 4.79 Å². The van der Waals surface area contributed by atoms with E-state index in [0.29, 0.717) is 11.6 Å². The molecule has 86 valence electrons. The van der Waals surface area contributed by atoms with E-state index in [2.05, 4.69) is 4.98 Å². The minimum Gasteiger partial charge on any atom is -0.481 e. The lowest BCUT2D eigenvalue weighted by molar-refractivity contribution is -0.136. The van der Waals surface area contributed by atoms with Crippen LogP contribution in [0.3, 0.4) is 0 Å². The highest BCUT2D eigenvalue weighted by atomic mass is 16.5. The Kier molecular flexibility index (Phi) is 3.51. The first kappa shape index (κ1) is 11.1. The summed E-state index contributed by atoms with van der Waals surface area (Å²) in [5.41, 5.74) is 1.64. The van der Waals surface area contributed by atoms with Gasteiger partial charge < -0.3 is 9.84 Å². The molecule has 0 bridgehead atoms. The van der Waals surface area contributed by atoms with Crippen LogP contribution in [-0.4, -0.2) is 29.3 Å². The lowest BCUT2D eigenvalue weighted by Crippen LogP contribution is -2.16. The quantitative estimate of drug-likeness (QED) is 0.842. The summed E-state index contributed by atoms with van der Waals surface area (Å²) >= 11 is 0. The molecule has 2 rings (SSSR count). The van der Waals surface area contributed by atoms with Crippen LogP contribution < -0.4 is 0 Å².